The molecule has 1 aliphatic carbocycles. The topological polar surface area (TPSA) is 160 Å². The average Bonchev–Trinajstić information content (AvgIpc) is 3.16. The van der Waals surface area contributed by atoms with E-state index in [1.54, 1.807) is 0 Å². The van der Waals surface area contributed by atoms with E-state index in [1.807, 2.05) is 0 Å². The molecule has 0 aromatic carbocycles. The summed E-state index contributed by atoms with van der Waals surface area (Å²) < 4.78 is 6.95. The summed E-state index contributed by atoms with van der Waals surface area (Å²) >= 11 is 0. The SMILES string of the molecule is Nc1nc(C#CCC2(O)CCC2)nc2c1ncn2[C@@H]1O[C@H](CO)C(O)C1O. The van der Waals surface area contributed by atoms with Crippen LogP contribution >= 0.6 is 0 Å². The Labute approximate surface area is 154 Å². The van der Waals surface area contributed by atoms with E-state index in [0.717, 1.165) is 19.3 Å². The van der Waals surface area contributed by atoms with Crippen molar-refractivity contribution < 1.29 is 25.2 Å². The Hall–Kier alpha value is -2.29. The molecule has 27 heavy (non-hydrogen) atoms. The van der Waals surface area contributed by atoms with Crippen LogP contribution in [-0.4, -0.2) is 70.5 Å². The van der Waals surface area contributed by atoms with Gasteiger partial charge in [-0.15, -0.1) is 0 Å². The van der Waals surface area contributed by atoms with Crippen molar-refractivity contribution >= 4 is 17.0 Å². The zero-order chi connectivity index (χ0) is 19.2. The summed E-state index contributed by atoms with van der Waals surface area (Å²) in [4.78, 5) is 12.6. The van der Waals surface area contributed by atoms with Crippen LogP contribution in [-0.2, 0) is 4.74 Å². The maximum atomic E-state index is 10.2. The number of nitrogen functional groups attached to an aromatic ring is 1. The fourth-order valence-electron chi connectivity index (χ4n) is 3.34. The molecule has 3 heterocycles. The smallest absolute Gasteiger partial charge is 0.208 e. The Bertz CT molecular complexity index is 916. The Balaban J connectivity index is 1.65. The molecule has 2 fully saturated rings. The van der Waals surface area contributed by atoms with E-state index in [4.69, 9.17) is 10.5 Å². The van der Waals surface area contributed by atoms with Gasteiger partial charge in [-0.05, 0) is 25.2 Å². The van der Waals surface area contributed by atoms with E-state index < -0.39 is 36.7 Å². The second-order valence-corrected chi connectivity index (χ2v) is 7.04. The zero-order valence-electron chi connectivity index (χ0n) is 14.5. The lowest BCUT2D eigenvalue weighted by molar-refractivity contribution is -0.0511. The molecule has 6 N–H and O–H groups in total. The number of hydrogen-bond acceptors (Lipinski definition) is 9. The first-order valence-corrected chi connectivity index (χ1v) is 8.76. The third-order valence-electron chi connectivity index (χ3n) is 5.14. The first kappa shape index (κ1) is 18.1. The minimum Gasteiger partial charge on any atom is -0.394 e. The van der Waals surface area contributed by atoms with Gasteiger partial charge in [-0.1, -0.05) is 5.92 Å². The van der Waals surface area contributed by atoms with Gasteiger partial charge in [-0.25, -0.2) is 15.0 Å². The predicted molar refractivity (Wildman–Crippen MR) is 93.0 cm³/mol. The van der Waals surface area contributed by atoms with Gasteiger partial charge >= 0.3 is 0 Å². The van der Waals surface area contributed by atoms with Gasteiger partial charge in [0, 0.05) is 6.42 Å². The number of imidazole rings is 1. The molecule has 1 saturated carbocycles. The third kappa shape index (κ3) is 3.13. The third-order valence-corrected chi connectivity index (χ3v) is 5.14. The number of rotatable bonds is 3. The number of aliphatic hydroxyl groups is 4. The van der Waals surface area contributed by atoms with E-state index in [-0.39, 0.29) is 11.6 Å². The number of ether oxygens (including phenoxy) is 1. The fraction of sp³-hybridized carbons (Fsp3) is 0.588. The Kier molecular flexibility index (Phi) is 4.49. The molecule has 1 saturated heterocycles. The molecule has 0 amide bonds. The maximum Gasteiger partial charge on any atom is 0.208 e. The van der Waals surface area contributed by atoms with Crippen molar-refractivity contribution in [3.63, 3.8) is 0 Å². The minimum absolute atomic E-state index is 0.122. The lowest BCUT2D eigenvalue weighted by Gasteiger charge is -2.34. The van der Waals surface area contributed by atoms with Gasteiger partial charge in [0.1, 0.15) is 23.8 Å². The van der Waals surface area contributed by atoms with Crippen molar-refractivity contribution in [1.29, 1.82) is 0 Å². The number of nitrogens with zero attached hydrogens (tertiary/aromatic N) is 4. The second kappa shape index (κ2) is 6.70. The lowest BCUT2D eigenvalue weighted by Crippen LogP contribution is -2.35. The summed E-state index contributed by atoms with van der Waals surface area (Å²) in [6.07, 6.45) is -0.206. The van der Waals surface area contributed by atoms with Crippen molar-refractivity contribution in [2.24, 2.45) is 0 Å². The van der Waals surface area contributed by atoms with Crippen LogP contribution < -0.4 is 5.73 Å². The molecular weight excluding hydrogens is 354 g/mol. The summed E-state index contributed by atoms with van der Waals surface area (Å²) in [6.45, 7) is -0.432. The maximum absolute atomic E-state index is 10.2. The van der Waals surface area contributed by atoms with Crippen LogP contribution in [0.15, 0.2) is 6.33 Å². The molecule has 2 unspecified atom stereocenters. The van der Waals surface area contributed by atoms with E-state index in [9.17, 15) is 20.4 Å². The summed E-state index contributed by atoms with van der Waals surface area (Å²) in [5.74, 6) is 5.97. The molecule has 2 aromatic heterocycles. The van der Waals surface area contributed by atoms with Crippen LogP contribution in [0.25, 0.3) is 11.2 Å². The highest BCUT2D eigenvalue weighted by atomic mass is 16.6. The van der Waals surface area contributed by atoms with Gasteiger partial charge in [0.2, 0.25) is 5.82 Å². The van der Waals surface area contributed by atoms with E-state index in [0.29, 0.717) is 17.6 Å². The summed E-state index contributed by atoms with van der Waals surface area (Å²) in [5, 5.41) is 39.5. The van der Waals surface area contributed by atoms with Crippen LogP contribution in [0, 0.1) is 11.8 Å². The van der Waals surface area contributed by atoms with Crippen LogP contribution in [0.5, 0.6) is 0 Å². The van der Waals surface area contributed by atoms with Crippen molar-refractivity contribution in [3.8, 4) is 11.8 Å². The molecule has 4 rings (SSSR count). The number of nitrogens with two attached hydrogens (primary N) is 1. The van der Waals surface area contributed by atoms with E-state index in [2.05, 4.69) is 26.8 Å². The number of aromatic nitrogens is 4. The highest BCUT2D eigenvalue weighted by Gasteiger charge is 2.44. The van der Waals surface area contributed by atoms with Gasteiger partial charge in [0.05, 0.1) is 18.5 Å². The van der Waals surface area contributed by atoms with Crippen LogP contribution in [0.3, 0.4) is 0 Å². The Morgan fingerprint density at radius 3 is 2.70 bits per heavy atom. The Morgan fingerprint density at radius 2 is 2.07 bits per heavy atom. The van der Waals surface area contributed by atoms with Gasteiger partial charge < -0.3 is 30.9 Å². The van der Waals surface area contributed by atoms with Gasteiger partial charge in [-0.3, -0.25) is 4.57 Å². The van der Waals surface area contributed by atoms with Crippen molar-refractivity contribution in [2.45, 2.75) is 55.8 Å². The average molecular weight is 375 g/mol. The predicted octanol–water partition coefficient (Wildman–Crippen LogP) is -1.32. The minimum atomic E-state index is -1.27. The molecule has 10 heteroatoms. The molecule has 144 valence electrons. The first-order chi connectivity index (χ1) is 12.9. The number of aliphatic hydroxyl groups excluding tert-OH is 3. The van der Waals surface area contributed by atoms with Crippen molar-refractivity contribution in [1.82, 2.24) is 19.5 Å². The molecule has 4 atom stereocenters. The summed E-state index contributed by atoms with van der Waals surface area (Å²) in [5.41, 5.74) is 5.83. The second-order valence-electron chi connectivity index (χ2n) is 7.04. The van der Waals surface area contributed by atoms with Crippen molar-refractivity contribution in [2.75, 3.05) is 12.3 Å². The molecule has 0 radical (unpaired) electrons. The van der Waals surface area contributed by atoms with Gasteiger partial charge in [-0.2, -0.15) is 0 Å². The van der Waals surface area contributed by atoms with E-state index in [1.165, 1.54) is 10.9 Å². The molecule has 2 aliphatic rings. The van der Waals surface area contributed by atoms with Crippen LogP contribution in [0.4, 0.5) is 5.82 Å². The van der Waals surface area contributed by atoms with Crippen LogP contribution in [0.2, 0.25) is 0 Å². The highest BCUT2D eigenvalue weighted by Crippen LogP contribution is 2.34. The number of hydrogen-bond donors (Lipinski definition) is 5. The molecule has 0 spiro atoms. The zero-order valence-corrected chi connectivity index (χ0v) is 14.5. The Morgan fingerprint density at radius 1 is 1.30 bits per heavy atom. The summed E-state index contributed by atoms with van der Waals surface area (Å²) in [6, 6.07) is 0. The standard InChI is InChI=1S/C17H21N5O5/c18-14-11-15(21-10(20-14)3-1-4-17(26)5-2-6-17)22(8-19-11)16-13(25)12(24)9(7-23)27-16/h8-9,12-13,16,23-26H,2,4-7H2,(H2,18,20,21)/t9-,12?,13?,16-/m1/s1. The summed E-state index contributed by atoms with van der Waals surface area (Å²) in [7, 11) is 0. The molecule has 2 aromatic rings. The van der Waals surface area contributed by atoms with Crippen molar-refractivity contribution in [3.05, 3.63) is 12.2 Å². The largest absolute Gasteiger partial charge is 0.394 e. The quantitative estimate of drug-likeness (QED) is 0.410. The fourth-order valence-corrected chi connectivity index (χ4v) is 3.34. The lowest BCUT2D eigenvalue weighted by atomic mass is 9.78. The van der Waals surface area contributed by atoms with E-state index >= 15 is 0 Å². The monoisotopic (exact) mass is 375 g/mol. The van der Waals surface area contributed by atoms with Gasteiger partial charge in [0.15, 0.2) is 17.7 Å². The normalized spacial score (nSPS) is 29.3. The molecule has 1 aliphatic heterocycles. The first-order valence-electron chi connectivity index (χ1n) is 8.76. The van der Waals surface area contributed by atoms with Crippen LogP contribution in [0.1, 0.15) is 37.7 Å². The molecule has 10 nitrogen and oxygen atoms in total. The number of fused-ring (bicyclic) bond motifs is 1. The van der Waals surface area contributed by atoms with Gasteiger partial charge in [0.25, 0.3) is 0 Å². The highest BCUT2D eigenvalue weighted by molar-refractivity contribution is 5.82. The molecular formula is C17H21N5O5. The number of anilines is 1. The molecule has 0 bridgehead atoms.